The van der Waals surface area contributed by atoms with E-state index in [1.807, 2.05) is 0 Å². The zero-order chi connectivity index (χ0) is 17.0. The van der Waals surface area contributed by atoms with Crippen molar-refractivity contribution in [1.29, 1.82) is 0 Å². The van der Waals surface area contributed by atoms with Gasteiger partial charge in [0.1, 0.15) is 12.2 Å². The summed E-state index contributed by atoms with van der Waals surface area (Å²) < 4.78 is 4.63. The molecule has 11 nitrogen and oxygen atoms in total. The Hall–Kier alpha value is -1.34. The van der Waals surface area contributed by atoms with E-state index in [1.165, 1.54) is 0 Å². The van der Waals surface area contributed by atoms with Crippen LogP contribution in [0.5, 0.6) is 0 Å². The standard InChI is InChI=1S/C6H10O8.C4H10O3/c7-1(3(9)5(11)12)2(8)4(10)6(13)14;5-1-3-7-4-2-6/h1-4,7-10H,(H,11,12)(H,13,14);5-6H,1-4H2. The lowest BCUT2D eigenvalue weighted by Gasteiger charge is -2.21. The molecule has 0 radical (unpaired) electrons. The average molecular weight is 316 g/mol. The van der Waals surface area contributed by atoms with E-state index >= 15 is 0 Å². The van der Waals surface area contributed by atoms with Gasteiger partial charge in [0, 0.05) is 0 Å². The Bertz CT molecular complexity index is 267. The van der Waals surface area contributed by atoms with E-state index in [9.17, 15) is 9.59 Å². The number of rotatable bonds is 9. The summed E-state index contributed by atoms with van der Waals surface area (Å²) in [7, 11) is 0. The van der Waals surface area contributed by atoms with Gasteiger partial charge >= 0.3 is 11.9 Å². The molecular formula is C10H20O11. The van der Waals surface area contributed by atoms with Crippen molar-refractivity contribution >= 4 is 11.9 Å². The van der Waals surface area contributed by atoms with E-state index in [1.54, 1.807) is 0 Å². The smallest absolute Gasteiger partial charge is 0.335 e. The monoisotopic (exact) mass is 316 g/mol. The van der Waals surface area contributed by atoms with Gasteiger partial charge in [0.05, 0.1) is 26.4 Å². The zero-order valence-corrected chi connectivity index (χ0v) is 10.9. The van der Waals surface area contributed by atoms with Gasteiger partial charge in [-0.3, -0.25) is 0 Å². The molecule has 0 rings (SSSR count). The molecule has 0 spiro atoms. The van der Waals surface area contributed by atoms with Crippen LogP contribution in [-0.2, 0) is 14.3 Å². The van der Waals surface area contributed by atoms with Gasteiger partial charge in [-0.1, -0.05) is 0 Å². The van der Waals surface area contributed by atoms with Crippen molar-refractivity contribution in [1.82, 2.24) is 0 Å². The third kappa shape index (κ3) is 10.1. The fourth-order valence-corrected chi connectivity index (χ4v) is 0.897. The number of hydrogen-bond donors (Lipinski definition) is 8. The molecule has 21 heavy (non-hydrogen) atoms. The second-order valence-corrected chi connectivity index (χ2v) is 3.61. The van der Waals surface area contributed by atoms with Crippen LogP contribution in [0, 0.1) is 0 Å². The highest BCUT2D eigenvalue weighted by atomic mass is 16.5. The van der Waals surface area contributed by atoms with Gasteiger partial charge in [-0.25, -0.2) is 9.59 Å². The lowest BCUT2D eigenvalue weighted by molar-refractivity contribution is -0.172. The Balaban J connectivity index is 0. The molecule has 126 valence electrons. The number of aliphatic hydroxyl groups excluding tert-OH is 6. The lowest BCUT2D eigenvalue weighted by Crippen LogP contribution is -2.49. The molecule has 0 saturated heterocycles. The first kappa shape index (κ1) is 21.9. The predicted molar refractivity (Wildman–Crippen MR) is 64.3 cm³/mol. The van der Waals surface area contributed by atoms with E-state index in [-0.39, 0.29) is 13.2 Å². The Morgan fingerprint density at radius 1 is 0.762 bits per heavy atom. The van der Waals surface area contributed by atoms with Crippen LogP contribution in [0.1, 0.15) is 0 Å². The normalized spacial score (nSPS) is 16.1. The minimum absolute atomic E-state index is 0.0278. The third-order valence-electron chi connectivity index (χ3n) is 1.97. The minimum atomic E-state index is -2.36. The maximum atomic E-state index is 10.1. The quantitative estimate of drug-likeness (QED) is 0.190. The van der Waals surface area contributed by atoms with Gasteiger partial charge in [0.25, 0.3) is 0 Å². The number of carboxylic acid groups (broad SMARTS) is 2. The fourth-order valence-electron chi connectivity index (χ4n) is 0.897. The summed E-state index contributed by atoms with van der Waals surface area (Å²) in [5.41, 5.74) is 0. The summed E-state index contributed by atoms with van der Waals surface area (Å²) in [6.07, 6.45) is -9.28. The van der Waals surface area contributed by atoms with Crippen LogP contribution in [0.25, 0.3) is 0 Å². The van der Waals surface area contributed by atoms with Crippen LogP contribution in [0.3, 0.4) is 0 Å². The molecular weight excluding hydrogens is 296 g/mol. The van der Waals surface area contributed by atoms with E-state index in [0.717, 1.165) is 0 Å². The molecule has 0 heterocycles. The van der Waals surface area contributed by atoms with Crippen molar-refractivity contribution in [2.45, 2.75) is 24.4 Å². The van der Waals surface area contributed by atoms with Gasteiger partial charge < -0.3 is 45.6 Å². The fraction of sp³-hybridized carbons (Fsp3) is 0.800. The highest BCUT2D eigenvalue weighted by Crippen LogP contribution is 2.05. The molecule has 0 fully saturated rings. The molecule has 0 aliphatic rings. The molecule has 4 atom stereocenters. The molecule has 0 amide bonds. The molecule has 11 heteroatoms. The van der Waals surface area contributed by atoms with Crippen molar-refractivity contribution in [2.24, 2.45) is 0 Å². The molecule has 0 aromatic rings. The van der Waals surface area contributed by atoms with Gasteiger partial charge in [0.2, 0.25) is 0 Å². The number of ether oxygens (including phenoxy) is 1. The van der Waals surface area contributed by atoms with E-state index in [0.29, 0.717) is 13.2 Å². The van der Waals surface area contributed by atoms with Crippen LogP contribution in [0.2, 0.25) is 0 Å². The van der Waals surface area contributed by atoms with Gasteiger partial charge in [-0.15, -0.1) is 0 Å². The Morgan fingerprint density at radius 3 is 1.24 bits per heavy atom. The van der Waals surface area contributed by atoms with Crippen LogP contribution in [-0.4, -0.2) is 104 Å². The van der Waals surface area contributed by atoms with Gasteiger partial charge in [0.15, 0.2) is 12.2 Å². The highest BCUT2D eigenvalue weighted by Gasteiger charge is 2.37. The Labute approximate surface area is 119 Å². The first-order valence-electron chi connectivity index (χ1n) is 5.68. The molecule has 8 N–H and O–H groups in total. The predicted octanol–water partition coefficient (Wildman–Crippen LogP) is -4.41. The number of hydrogen-bond acceptors (Lipinski definition) is 9. The number of aliphatic carboxylic acids is 2. The summed E-state index contributed by atoms with van der Waals surface area (Å²) in [5, 5.41) is 67.6. The Kier molecular flexibility index (Phi) is 13.0. The first-order chi connectivity index (χ1) is 9.70. The minimum Gasteiger partial charge on any atom is -0.479 e. The van der Waals surface area contributed by atoms with Crippen molar-refractivity contribution < 1.29 is 55.2 Å². The molecule has 0 aliphatic heterocycles. The van der Waals surface area contributed by atoms with Crippen molar-refractivity contribution in [3.8, 4) is 0 Å². The van der Waals surface area contributed by atoms with E-state index in [4.69, 9.17) is 40.9 Å². The van der Waals surface area contributed by atoms with Crippen molar-refractivity contribution in [3.05, 3.63) is 0 Å². The van der Waals surface area contributed by atoms with Crippen molar-refractivity contribution in [3.63, 3.8) is 0 Å². The van der Waals surface area contributed by atoms with Crippen LogP contribution >= 0.6 is 0 Å². The molecule has 0 aromatic heterocycles. The van der Waals surface area contributed by atoms with E-state index in [2.05, 4.69) is 4.74 Å². The molecule has 0 saturated carbocycles. The number of carbonyl (C=O) groups is 2. The molecule has 0 aromatic carbocycles. The topological polar surface area (TPSA) is 205 Å². The first-order valence-corrected chi connectivity index (χ1v) is 5.68. The van der Waals surface area contributed by atoms with Gasteiger partial charge in [-0.2, -0.15) is 0 Å². The lowest BCUT2D eigenvalue weighted by atomic mass is 10.0. The molecule has 0 aliphatic carbocycles. The summed E-state index contributed by atoms with van der Waals surface area (Å²) in [5.74, 6) is -3.68. The van der Waals surface area contributed by atoms with Gasteiger partial charge in [-0.05, 0) is 0 Å². The third-order valence-corrected chi connectivity index (χ3v) is 1.97. The summed E-state index contributed by atoms with van der Waals surface area (Å²) in [6.45, 7) is 0.696. The summed E-state index contributed by atoms with van der Waals surface area (Å²) in [4.78, 5) is 20.2. The second kappa shape index (κ2) is 12.4. The summed E-state index contributed by atoms with van der Waals surface area (Å²) >= 11 is 0. The second-order valence-electron chi connectivity index (χ2n) is 3.61. The zero-order valence-electron chi connectivity index (χ0n) is 10.9. The largest absolute Gasteiger partial charge is 0.479 e. The maximum absolute atomic E-state index is 10.1. The van der Waals surface area contributed by atoms with Crippen LogP contribution in [0.4, 0.5) is 0 Å². The van der Waals surface area contributed by atoms with Crippen LogP contribution in [0.15, 0.2) is 0 Å². The number of carboxylic acids is 2. The Morgan fingerprint density at radius 2 is 1.05 bits per heavy atom. The van der Waals surface area contributed by atoms with Crippen molar-refractivity contribution in [2.75, 3.05) is 26.4 Å². The summed E-state index contributed by atoms with van der Waals surface area (Å²) in [6, 6.07) is 0. The average Bonchev–Trinajstić information content (AvgIpc) is 2.45. The molecule has 0 bridgehead atoms. The van der Waals surface area contributed by atoms with E-state index < -0.39 is 36.4 Å². The number of aliphatic hydroxyl groups is 6. The maximum Gasteiger partial charge on any atom is 0.335 e. The highest BCUT2D eigenvalue weighted by molar-refractivity contribution is 5.75. The van der Waals surface area contributed by atoms with Crippen LogP contribution < -0.4 is 0 Å². The molecule has 4 unspecified atom stereocenters. The SMILES string of the molecule is O=C(O)C(O)C(O)C(O)C(O)C(=O)O.OCCOCCO.